The van der Waals surface area contributed by atoms with Crippen LogP contribution in [0.15, 0.2) is 48.5 Å². The molecule has 2 aromatic carbocycles. The number of imide groups is 1. The van der Waals surface area contributed by atoms with Crippen LogP contribution in [0.4, 0.5) is 4.79 Å². The van der Waals surface area contributed by atoms with Crippen LogP contribution in [-0.2, 0) is 20.7 Å². The van der Waals surface area contributed by atoms with Gasteiger partial charge in [0.1, 0.15) is 6.10 Å². The van der Waals surface area contributed by atoms with Crippen molar-refractivity contribution in [1.82, 2.24) is 10.2 Å². The Labute approximate surface area is 166 Å². The number of nitrogens with zero attached hydrogens (tertiary/aromatic N) is 1. The minimum absolute atomic E-state index is 0.226. The zero-order valence-corrected chi connectivity index (χ0v) is 15.4. The highest BCUT2D eigenvalue weighted by Gasteiger charge is 2.29. The van der Waals surface area contributed by atoms with Crippen molar-refractivity contribution in [3.05, 3.63) is 70.8 Å². The highest BCUT2D eigenvalue weighted by Crippen LogP contribution is 2.31. The maximum atomic E-state index is 12.4. The van der Waals surface area contributed by atoms with Crippen molar-refractivity contribution in [3.8, 4) is 0 Å². The Bertz CT molecular complexity index is 988. The normalized spacial score (nSPS) is 17.9. The van der Waals surface area contributed by atoms with Gasteiger partial charge in [-0.05, 0) is 29.3 Å². The summed E-state index contributed by atoms with van der Waals surface area (Å²) in [7, 11) is 0. The maximum absolute atomic E-state index is 12.4. The highest BCUT2D eigenvalue weighted by molar-refractivity contribution is 5.99. The molecule has 2 aliphatic rings. The quantitative estimate of drug-likeness (QED) is 0.794. The summed E-state index contributed by atoms with van der Waals surface area (Å²) < 4.78 is 10.6. The number of carbonyl (C=O) groups is 4. The van der Waals surface area contributed by atoms with E-state index in [4.69, 9.17) is 9.47 Å². The zero-order chi connectivity index (χ0) is 20.4. The molecule has 3 amide bonds. The number of esters is 2. The van der Waals surface area contributed by atoms with E-state index in [9.17, 15) is 19.2 Å². The molecule has 0 unspecified atom stereocenters. The van der Waals surface area contributed by atoms with E-state index < -0.39 is 36.6 Å². The average Bonchev–Trinajstić information content (AvgIpc) is 3.18. The zero-order valence-electron chi connectivity index (χ0n) is 15.4. The van der Waals surface area contributed by atoms with Crippen LogP contribution in [0.25, 0.3) is 0 Å². The fourth-order valence-electron chi connectivity index (χ4n) is 3.37. The van der Waals surface area contributed by atoms with Crippen LogP contribution in [0, 0.1) is 0 Å². The third kappa shape index (κ3) is 3.82. The summed E-state index contributed by atoms with van der Waals surface area (Å²) in [4.78, 5) is 49.1. The van der Waals surface area contributed by atoms with Crippen LogP contribution >= 0.6 is 0 Å². The number of hydrogen-bond donors (Lipinski definition) is 1. The van der Waals surface area contributed by atoms with Gasteiger partial charge in [-0.25, -0.2) is 14.4 Å². The Kier molecular flexibility index (Phi) is 4.99. The monoisotopic (exact) mass is 394 g/mol. The number of hydrogen-bond acceptors (Lipinski definition) is 6. The third-order valence-electron chi connectivity index (χ3n) is 4.87. The Morgan fingerprint density at radius 3 is 2.66 bits per heavy atom. The molecule has 1 N–H and O–H groups in total. The summed E-state index contributed by atoms with van der Waals surface area (Å²) in [6.45, 7) is 0.0943. The number of urea groups is 1. The van der Waals surface area contributed by atoms with Crippen LogP contribution in [0.3, 0.4) is 0 Å². The van der Waals surface area contributed by atoms with Gasteiger partial charge in [0.2, 0.25) is 0 Å². The molecule has 8 heteroatoms. The molecule has 0 bridgehead atoms. The topological polar surface area (TPSA) is 102 Å². The Morgan fingerprint density at radius 1 is 1.14 bits per heavy atom. The van der Waals surface area contributed by atoms with Gasteiger partial charge < -0.3 is 14.8 Å². The lowest BCUT2D eigenvalue weighted by Gasteiger charge is -2.25. The fourth-order valence-corrected chi connectivity index (χ4v) is 3.37. The van der Waals surface area contributed by atoms with Crippen LogP contribution < -0.4 is 5.32 Å². The molecular formula is C21H18N2O6. The van der Waals surface area contributed by atoms with Crippen LogP contribution in [-0.4, -0.2) is 48.5 Å². The van der Waals surface area contributed by atoms with Crippen molar-refractivity contribution in [1.29, 1.82) is 0 Å². The summed E-state index contributed by atoms with van der Waals surface area (Å²) in [5, 5.41) is 2.51. The summed E-state index contributed by atoms with van der Waals surface area (Å²) in [6.07, 6.45) is -0.00301. The second-order valence-corrected chi connectivity index (χ2v) is 6.73. The SMILES string of the molecule is O=C(OCC(=O)N1CCNC1=O)c1ccc2c(c1)C[C@H](c1ccccc1)OC2=O. The standard InChI is InChI=1S/C21H18N2O6/c24-18(23-9-8-22-21(23)27)12-28-19(25)14-6-7-16-15(10-14)11-17(29-20(16)26)13-4-2-1-3-5-13/h1-7,10,17H,8-9,11-12H2,(H,22,27)/t17-/m1/s1. The molecule has 2 aromatic rings. The molecule has 0 saturated carbocycles. The number of rotatable bonds is 4. The molecule has 2 aliphatic heterocycles. The number of cyclic esters (lactones) is 1. The van der Waals surface area contributed by atoms with Gasteiger partial charge in [0.05, 0.1) is 11.1 Å². The highest BCUT2D eigenvalue weighted by atomic mass is 16.5. The van der Waals surface area contributed by atoms with Gasteiger partial charge in [-0.15, -0.1) is 0 Å². The van der Waals surface area contributed by atoms with E-state index >= 15 is 0 Å². The first-order chi connectivity index (χ1) is 14.0. The van der Waals surface area contributed by atoms with E-state index in [0.717, 1.165) is 10.5 Å². The fraction of sp³-hybridized carbons (Fsp3) is 0.238. The first kappa shape index (κ1) is 18.7. The number of carbonyl (C=O) groups excluding carboxylic acids is 4. The lowest BCUT2D eigenvalue weighted by Crippen LogP contribution is -2.37. The Morgan fingerprint density at radius 2 is 1.93 bits per heavy atom. The van der Waals surface area contributed by atoms with E-state index in [2.05, 4.69) is 5.32 Å². The molecule has 0 spiro atoms. The predicted octanol–water partition coefficient (Wildman–Crippen LogP) is 1.85. The van der Waals surface area contributed by atoms with Crippen molar-refractivity contribution >= 4 is 23.9 Å². The van der Waals surface area contributed by atoms with E-state index in [1.54, 1.807) is 6.07 Å². The average molecular weight is 394 g/mol. The van der Waals surface area contributed by atoms with Gasteiger partial charge >= 0.3 is 18.0 Å². The number of fused-ring (bicyclic) bond motifs is 1. The largest absolute Gasteiger partial charge is 0.454 e. The summed E-state index contributed by atoms with van der Waals surface area (Å²) >= 11 is 0. The lowest BCUT2D eigenvalue weighted by molar-refractivity contribution is -0.130. The van der Waals surface area contributed by atoms with Crippen molar-refractivity contribution in [2.24, 2.45) is 0 Å². The molecule has 2 heterocycles. The minimum atomic E-state index is -0.698. The second kappa shape index (κ2) is 7.75. The van der Waals surface area contributed by atoms with Crippen molar-refractivity contribution < 1.29 is 28.7 Å². The van der Waals surface area contributed by atoms with Gasteiger partial charge in [0, 0.05) is 19.5 Å². The van der Waals surface area contributed by atoms with Crippen LogP contribution in [0.5, 0.6) is 0 Å². The Hall–Kier alpha value is -3.68. The smallest absolute Gasteiger partial charge is 0.339 e. The first-order valence-electron chi connectivity index (χ1n) is 9.17. The second-order valence-electron chi connectivity index (χ2n) is 6.73. The van der Waals surface area contributed by atoms with Gasteiger partial charge in [-0.1, -0.05) is 30.3 Å². The molecule has 0 radical (unpaired) electrons. The lowest BCUT2D eigenvalue weighted by atomic mass is 9.93. The number of nitrogens with one attached hydrogen (secondary N) is 1. The number of benzene rings is 2. The predicted molar refractivity (Wildman–Crippen MR) is 100 cm³/mol. The van der Waals surface area contributed by atoms with E-state index in [0.29, 0.717) is 24.1 Å². The minimum Gasteiger partial charge on any atom is -0.454 e. The molecule has 8 nitrogen and oxygen atoms in total. The maximum Gasteiger partial charge on any atom is 0.339 e. The van der Waals surface area contributed by atoms with Crippen LogP contribution in [0.1, 0.15) is 37.9 Å². The molecule has 4 rings (SSSR count). The molecule has 29 heavy (non-hydrogen) atoms. The number of ether oxygens (including phenoxy) is 2. The van der Waals surface area contributed by atoms with Crippen molar-refractivity contribution in [3.63, 3.8) is 0 Å². The van der Waals surface area contributed by atoms with E-state index in [1.165, 1.54) is 12.1 Å². The summed E-state index contributed by atoms with van der Waals surface area (Å²) in [5.41, 5.74) is 2.17. The van der Waals surface area contributed by atoms with Gasteiger partial charge in [-0.2, -0.15) is 0 Å². The summed E-state index contributed by atoms with van der Waals surface area (Å²) in [5.74, 6) is -1.73. The van der Waals surface area contributed by atoms with Gasteiger partial charge in [0.25, 0.3) is 5.91 Å². The van der Waals surface area contributed by atoms with Crippen molar-refractivity contribution in [2.45, 2.75) is 12.5 Å². The Balaban J connectivity index is 1.46. The van der Waals surface area contributed by atoms with E-state index in [-0.39, 0.29) is 12.1 Å². The van der Waals surface area contributed by atoms with Gasteiger partial charge in [0.15, 0.2) is 6.61 Å². The van der Waals surface area contributed by atoms with Gasteiger partial charge in [-0.3, -0.25) is 9.69 Å². The van der Waals surface area contributed by atoms with E-state index in [1.807, 2.05) is 30.3 Å². The van der Waals surface area contributed by atoms with Crippen LogP contribution in [0.2, 0.25) is 0 Å². The molecule has 148 valence electrons. The molecule has 1 fully saturated rings. The first-order valence-corrected chi connectivity index (χ1v) is 9.17. The molecule has 1 saturated heterocycles. The van der Waals surface area contributed by atoms with Crippen molar-refractivity contribution in [2.75, 3.05) is 19.7 Å². The number of amides is 3. The summed E-state index contributed by atoms with van der Waals surface area (Å²) in [6, 6.07) is 13.4. The third-order valence-corrected chi connectivity index (χ3v) is 4.87. The molecule has 0 aromatic heterocycles. The molecule has 1 atom stereocenters. The molecular weight excluding hydrogens is 376 g/mol. The molecule has 0 aliphatic carbocycles.